The van der Waals surface area contributed by atoms with Crippen molar-refractivity contribution >= 4 is 219 Å². The first-order valence-corrected chi connectivity index (χ1v) is 52.0. The highest BCUT2D eigenvalue weighted by atomic mass is 35.5. The number of anilines is 3. The lowest BCUT2D eigenvalue weighted by Gasteiger charge is -2.25. The third-order valence-corrected chi connectivity index (χ3v) is 33.1. The van der Waals surface area contributed by atoms with Crippen LogP contribution in [-0.4, -0.2) is 92.8 Å². The summed E-state index contributed by atoms with van der Waals surface area (Å²) in [6, 6.07) is 62.2. The molecule has 21 rings (SSSR count). The molecular formula is C105H103Cl3N12O9S8. The van der Waals surface area contributed by atoms with Gasteiger partial charge in [0, 0.05) is 108 Å². The van der Waals surface area contributed by atoms with E-state index in [1.54, 1.807) is 57.5 Å². The lowest BCUT2D eigenvalue weighted by Crippen LogP contribution is -3.00. The van der Waals surface area contributed by atoms with Crippen molar-refractivity contribution in [3.05, 3.63) is 341 Å². The molecule has 0 unspecified atom stereocenters. The summed E-state index contributed by atoms with van der Waals surface area (Å²) in [6.45, 7) is 24.9. The number of nitrogens with zero attached hydrogens (tertiary/aromatic N) is 12. The number of thiazole rings is 6. The lowest BCUT2D eigenvalue weighted by molar-refractivity contribution is -0.674. The Morgan fingerprint density at radius 2 is 1.01 bits per heavy atom. The normalized spacial score (nSPS) is 15.7. The number of allylic oxidation sites excluding steroid dienone is 2. The highest BCUT2D eigenvalue weighted by Gasteiger charge is 2.32. The molecule has 0 atom stereocenters. The van der Waals surface area contributed by atoms with Crippen LogP contribution in [0.2, 0.25) is 0 Å². The summed E-state index contributed by atoms with van der Waals surface area (Å²) in [5.74, 6) is 3.93. The number of hydrogen-bond acceptors (Lipinski definition) is 20. The third-order valence-electron chi connectivity index (χ3n) is 24.4. The van der Waals surface area contributed by atoms with Gasteiger partial charge in [-0.05, 0) is 149 Å². The molecule has 0 amide bonds. The zero-order valence-corrected chi connectivity index (χ0v) is 86.9. The van der Waals surface area contributed by atoms with E-state index in [0.717, 1.165) is 143 Å². The van der Waals surface area contributed by atoms with Crippen LogP contribution in [0.5, 0.6) is 11.5 Å². The minimum absolute atomic E-state index is 0. The molecule has 0 aliphatic carbocycles. The molecule has 0 N–H and O–H groups in total. The Hall–Kier alpha value is -11.8. The monoisotopic (exact) mass is 2040 g/mol. The smallest absolute Gasteiger partial charge is 0.274 e. The standard InChI is InChI=1S/C27H26N3OS.C25H24N3OS2.C23H22N3O2S2.C23H24N3O2S2.C7H8O3S.3ClH/c1-4-29-17-16-20(21-11-7-9-13-23(21)29)18-25-30(5-2)27(31)26(32-25)24-15-14-19-10-6-8-12-22(19)28(24)3;1-4-27-20-14-13-17-10-6-7-11-18(17)23(20)30-21(27)16-22-28(5-2)25(29)24(31-22)19-12-8-9-15-26(19)3;1-5-26-19(12-18-24(3)14(2)13-29-18)30-21(22(26)27)23-25(4)20-16-9-7-6-8-15(16)10-11-17(20)28-23;1-4-25-12-13-29-18(25)14-19-26(5-2)22(27)21(30-19)23-24(3)17-11-10-15-8-6-7-9-16(15)20(17)28-23;1-6-2-4-7(5-3-6)11(8,9)10;;;/h6-18H,4-5H2,1-3H3;6-16H,4-5H2,1-3H3;6-13H,5H2,1-4H3;6-11,14H,4-5,12-13H2,1-3H3;2-5H,1H3,(H,8,9,10);3*1H/q4*+1;;;;/p-4/b26-24-;24-19-;2*23-21+;;;;. The number of halogens is 3. The van der Waals surface area contributed by atoms with Crippen LogP contribution in [0, 0.1) is 13.8 Å². The van der Waals surface area contributed by atoms with Gasteiger partial charge in [-0.15, -0.1) is 45.3 Å². The number of fused-ring (bicyclic) bond motifs is 11. The molecule has 9 aromatic carbocycles. The number of rotatable bonds is 12. The van der Waals surface area contributed by atoms with Gasteiger partial charge >= 0.3 is 0 Å². The van der Waals surface area contributed by atoms with Gasteiger partial charge in [0.05, 0.1) is 67.1 Å². The molecule has 706 valence electrons. The average Bonchev–Trinajstić information content (AvgIpc) is 1.61. The van der Waals surface area contributed by atoms with Crippen LogP contribution in [0.4, 0.5) is 17.1 Å². The van der Waals surface area contributed by atoms with E-state index in [4.69, 9.17) is 9.47 Å². The number of ether oxygens (including phenoxy) is 2. The zero-order valence-electron chi connectivity index (χ0n) is 78.1. The van der Waals surface area contributed by atoms with Crippen molar-refractivity contribution in [2.75, 3.05) is 61.7 Å². The highest BCUT2D eigenvalue weighted by molar-refractivity contribution is 8.14. The van der Waals surface area contributed by atoms with E-state index < -0.39 is 10.1 Å². The summed E-state index contributed by atoms with van der Waals surface area (Å²) >= 11 is 11.5. The number of thioether (sulfide) groups is 1. The Labute approximate surface area is 840 Å². The molecule has 5 aliphatic rings. The Balaban J connectivity index is 0.000000140. The molecule has 12 heterocycles. The first kappa shape index (κ1) is 101. The predicted molar refractivity (Wildman–Crippen MR) is 556 cm³/mol. The molecule has 0 saturated carbocycles. The maximum Gasteiger partial charge on any atom is 0.274 e. The van der Waals surface area contributed by atoms with E-state index in [9.17, 15) is 32.1 Å². The summed E-state index contributed by atoms with van der Waals surface area (Å²) < 4.78 is 68.2. The SMILES string of the molecule is CCn1c(=O)/c(=C2\C=CC=CN2C)s/c1=C\c1sc2c3ccccc3ccc2[n+]1CC.CCn1c(=O)/c(=C2\C=Cc3ccccc3N2C)s/c1=C\c1cc[n+](CC)c2ccccc12.CCn1c(=O)/c(=C2\Oc3c(ccc4ccccc34)N2C)s/c1=C\C1=[N+](CC)CCS1.CCn1c(=O)/c(=C2\Oc3ccc4ccccc4c3N2C)s/c1=C\c1scc(C)[n+]1C.Cc1ccc(S(=O)(=O)[O-])cc1.[Cl-].[Cl-].[Cl-]. The zero-order chi connectivity index (χ0) is 94.1. The lowest BCUT2D eigenvalue weighted by atomic mass is 10.1. The van der Waals surface area contributed by atoms with Crippen LogP contribution < -0.4 is 134 Å². The van der Waals surface area contributed by atoms with Gasteiger partial charge in [0.25, 0.3) is 32.3 Å². The molecule has 5 aliphatic heterocycles. The minimum atomic E-state index is -4.27. The summed E-state index contributed by atoms with van der Waals surface area (Å²) in [5, 5.41) is 13.8. The van der Waals surface area contributed by atoms with E-state index >= 15 is 0 Å². The highest BCUT2D eigenvalue weighted by Crippen LogP contribution is 2.45. The first-order valence-electron chi connectivity index (χ1n) is 44.6. The number of aromatic nitrogens is 7. The van der Waals surface area contributed by atoms with Crippen molar-refractivity contribution in [1.29, 1.82) is 0 Å². The topological polar surface area (TPSA) is 191 Å². The quantitative estimate of drug-likeness (QED) is 0.124. The van der Waals surface area contributed by atoms with E-state index in [-0.39, 0.29) is 64.4 Å². The van der Waals surface area contributed by atoms with Crippen LogP contribution in [0.15, 0.2) is 254 Å². The fraction of sp³-hybridized carbons (Fsp3) is 0.219. The molecule has 21 nitrogen and oxygen atoms in total. The van der Waals surface area contributed by atoms with Crippen LogP contribution in [0.3, 0.4) is 0 Å². The molecule has 0 fully saturated rings. The first-order chi connectivity index (χ1) is 64.8. The van der Waals surface area contributed by atoms with Gasteiger partial charge in [-0.2, -0.15) is 13.7 Å². The molecule has 16 aromatic rings. The number of para-hydroxylation sites is 2. The predicted octanol–water partition coefficient (Wildman–Crippen LogP) is 4.30. The maximum absolute atomic E-state index is 13.4. The van der Waals surface area contributed by atoms with Gasteiger partial charge in [-0.1, -0.05) is 180 Å². The van der Waals surface area contributed by atoms with Gasteiger partial charge in [0.15, 0.2) is 39.0 Å². The van der Waals surface area contributed by atoms with Gasteiger partial charge < -0.3 is 70.8 Å². The molecule has 7 aromatic heterocycles. The van der Waals surface area contributed by atoms with E-state index in [1.807, 2.05) is 181 Å². The van der Waals surface area contributed by atoms with Crippen molar-refractivity contribution < 1.29 is 77.9 Å². The van der Waals surface area contributed by atoms with E-state index in [2.05, 4.69) is 220 Å². The Morgan fingerprint density at radius 1 is 0.474 bits per heavy atom. The number of pyridine rings is 1. The average molecular weight is 2040 g/mol. The van der Waals surface area contributed by atoms with Gasteiger partial charge in [0.1, 0.15) is 64.6 Å². The molecule has 0 bridgehead atoms. The fourth-order valence-electron chi connectivity index (χ4n) is 17.1. The summed E-state index contributed by atoms with van der Waals surface area (Å²) in [4.78, 5) is 61.1. The molecule has 137 heavy (non-hydrogen) atoms. The van der Waals surface area contributed by atoms with Gasteiger partial charge in [-0.25, -0.2) is 13.0 Å². The number of hydrogen-bond donors (Lipinski definition) is 0. The molecule has 0 radical (unpaired) electrons. The largest absolute Gasteiger partial charge is 1.00 e. The second-order valence-electron chi connectivity index (χ2n) is 32.3. The van der Waals surface area contributed by atoms with E-state index in [1.165, 1.54) is 82.4 Å². The fourth-order valence-corrected chi connectivity index (χ4v) is 25.9. The summed E-state index contributed by atoms with van der Waals surface area (Å²) in [7, 11) is 5.73. The van der Waals surface area contributed by atoms with Crippen LogP contribution in [-0.2, 0) is 56.4 Å². The molecular weight excluding hydrogens is 1940 g/mol. The van der Waals surface area contributed by atoms with Crippen molar-refractivity contribution in [3.8, 4) is 11.5 Å². The maximum atomic E-state index is 13.4. The Bertz CT molecular complexity index is 8490. The number of aryl methyl sites for hydroxylation is 4. The van der Waals surface area contributed by atoms with Gasteiger partial charge in [0.2, 0.25) is 27.8 Å². The molecule has 0 saturated heterocycles. The van der Waals surface area contributed by atoms with Crippen LogP contribution in [0.1, 0.15) is 80.9 Å². The van der Waals surface area contributed by atoms with E-state index in [0.29, 0.717) is 47.0 Å². The van der Waals surface area contributed by atoms with Crippen LogP contribution >= 0.6 is 79.8 Å². The summed E-state index contributed by atoms with van der Waals surface area (Å²) in [5.41, 5.74) is 12.0. The second kappa shape index (κ2) is 43.5. The minimum Gasteiger partial charge on any atom is -1.00 e. The Morgan fingerprint density at radius 3 is 1.63 bits per heavy atom. The van der Waals surface area contributed by atoms with Crippen LogP contribution in [0.25, 0.3) is 107 Å². The third kappa shape index (κ3) is 20.0. The van der Waals surface area contributed by atoms with Crippen molar-refractivity contribution in [3.63, 3.8) is 0 Å². The second-order valence-corrected chi connectivity index (χ2v) is 40.8. The van der Waals surface area contributed by atoms with Crippen molar-refractivity contribution in [2.24, 2.45) is 7.05 Å². The van der Waals surface area contributed by atoms with Crippen molar-refractivity contribution in [1.82, 2.24) is 23.2 Å². The Kier molecular flexibility index (Phi) is 32.1. The van der Waals surface area contributed by atoms with Crippen molar-refractivity contribution in [2.45, 2.75) is 106 Å². The number of likely N-dealkylation sites (N-methyl/N-ethyl adjacent to an activating group) is 2. The van der Waals surface area contributed by atoms with Gasteiger partial charge in [-0.3, -0.25) is 37.4 Å². The summed E-state index contributed by atoms with van der Waals surface area (Å²) in [6.07, 6.45) is 22.8. The number of benzene rings is 9. The molecule has 32 heteroatoms. The molecule has 0 spiro atoms.